The summed E-state index contributed by atoms with van der Waals surface area (Å²) >= 11 is 0. The Morgan fingerprint density at radius 1 is 0.155 bits per heavy atom. The molecule has 0 aliphatic rings. The van der Waals surface area contributed by atoms with Crippen LogP contribution in [-0.4, -0.2) is 62.3 Å². The topological polar surface area (TPSA) is 0 Å². The van der Waals surface area contributed by atoms with Crippen LogP contribution in [0.15, 0.2) is 0 Å². The molecule has 0 aromatic carbocycles. The van der Waals surface area contributed by atoms with E-state index in [1.165, 1.54) is 331 Å². The number of nitrogens with zero attached hydrogens (tertiary/aromatic N) is 2. The highest BCUT2D eigenvalue weighted by molar-refractivity contribution is 4.55. The van der Waals surface area contributed by atoms with Gasteiger partial charge in [0.15, 0.2) is 0 Å². The highest BCUT2D eigenvalue weighted by Gasteiger charge is 2.22. The minimum Gasteiger partial charge on any atom is -0.326 e. The zero-order valence-corrected chi connectivity index (χ0v) is 42.2. The van der Waals surface area contributed by atoms with Crippen LogP contribution in [0.25, 0.3) is 0 Å². The standard InChI is InChI=1S/C56H118N2/c1-7-11-15-19-23-27-31-35-39-45-51-57(5,52-46-40-36-32-28-24-20-16-12-8-2)55-49-43-44-50-56-58(6,53-47-41-37-33-29-25-21-17-13-9-3)54-48-42-38-34-30-26-22-18-14-10-4/h7-56H2,1-6H3/q+2. The lowest BCUT2D eigenvalue weighted by atomic mass is 10.0. The molecule has 0 aliphatic carbocycles. The smallest absolute Gasteiger partial charge is 0.0784 e. The van der Waals surface area contributed by atoms with Gasteiger partial charge in [-0.2, -0.15) is 0 Å². The summed E-state index contributed by atoms with van der Waals surface area (Å²) in [5.41, 5.74) is 0. The lowest BCUT2D eigenvalue weighted by molar-refractivity contribution is -0.911. The van der Waals surface area contributed by atoms with Crippen molar-refractivity contribution < 1.29 is 8.97 Å². The molecule has 0 atom stereocenters. The van der Waals surface area contributed by atoms with Crippen molar-refractivity contribution in [1.82, 2.24) is 0 Å². The van der Waals surface area contributed by atoms with E-state index in [1.54, 1.807) is 0 Å². The van der Waals surface area contributed by atoms with E-state index in [0.29, 0.717) is 0 Å². The average molecular weight is 820 g/mol. The van der Waals surface area contributed by atoms with Gasteiger partial charge in [0.05, 0.1) is 53.4 Å². The first kappa shape index (κ1) is 57.9. The van der Waals surface area contributed by atoms with Gasteiger partial charge in [-0.3, -0.25) is 0 Å². The lowest BCUT2D eigenvalue weighted by Crippen LogP contribution is -2.46. The summed E-state index contributed by atoms with van der Waals surface area (Å²) in [7, 11) is 5.29. The molecular formula is C56H118N2+2. The minimum atomic E-state index is 1.36. The van der Waals surface area contributed by atoms with Gasteiger partial charge in [0.2, 0.25) is 0 Å². The SMILES string of the molecule is CCCCCCCCCCCC[N+](C)(CCCCCCCCCCCC)CCCCCC[N+](C)(CCCCCCCCCCCC)CCCCCCCCCCCC. The third-order valence-electron chi connectivity index (χ3n) is 14.4. The molecule has 0 saturated heterocycles. The molecule has 2 heteroatoms. The van der Waals surface area contributed by atoms with E-state index in [-0.39, 0.29) is 0 Å². The molecule has 0 rings (SSSR count). The molecule has 0 fully saturated rings. The molecule has 0 saturated carbocycles. The molecule has 0 bridgehead atoms. The molecule has 2 nitrogen and oxygen atoms in total. The molecular weight excluding hydrogens is 701 g/mol. The van der Waals surface area contributed by atoms with Crippen molar-refractivity contribution in [3.05, 3.63) is 0 Å². The first-order valence-corrected chi connectivity index (χ1v) is 28.1. The molecule has 0 unspecified atom stereocenters. The van der Waals surface area contributed by atoms with Crippen LogP contribution in [-0.2, 0) is 0 Å². The Balaban J connectivity index is 4.74. The Morgan fingerprint density at radius 2 is 0.259 bits per heavy atom. The van der Waals surface area contributed by atoms with Crippen molar-refractivity contribution in [2.45, 2.75) is 310 Å². The summed E-state index contributed by atoms with van der Waals surface area (Å²) in [4.78, 5) is 0. The second-order valence-electron chi connectivity index (χ2n) is 20.7. The van der Waals surface area contributed by atoms with Gasteiger partial charge in [0.25, 0.3) is 0 Å². The molecule has 0 aromatic rings. The zero-order valence-electron chi connectivity index (χ0n) is 42.2. The Hall–Kier alpha value is -0.0800. The van der Waals surface area contributed by atoms with E-state index in [1.807, 2.05) is 0 Å². The predicted molar refractivity (Wildman–Crippen MR) is 267 cm³/mol. The highest BCUT2D eigenvalue weighted by Crippen LogP contribution is 2.20. The molecule has 0 N–H and O–H groups in total. The average Bonchev–Trinajstić information content (AvgIpc) is 3.22. The zero-order chi connectivity index (χ0) is 42.4. The van der Waals surface area contributed by atoms with Gasteiger partial charge in [-0.05, 0) is 77.0 Å². The second kappa shape index (κ2) is 46.4. The van der Waals surface area contributed by atoms with E-state index < -0.39 is 0 Å². The number of hydrogen-bond donors (Lipinski definition) is 0. The van der Waals surface area contributed by atoms with Crippen molar-refractivity contribution in [3.63, 3.8) is 0 Å². The van der Waals surface area contributed by atoms with Crippen LogP contribution >= 0.6 is 0 Å². The van der Waals surface area contributed by atoms with Crippen LogP contribution in [0.4, 0.5) is 0 Å². The highest BCUT2D eigenvalue weighted by atomic mass is 15.3. The number of rotatable bonds is 51. The summed E-state index contributed by atoms with van der Waals surface area (Å²) in [5, 5.41) is 0. The van der Waals surface area contributed by atoms with Gasteiger partial charge in [0, 0.05) is 0 Å². The summed E-state index contributed by atoms with van der Waals surface area (Å²) in [5.74, 6) is 0. The Labute approximate surface area is 371 Å². The van der Waals surface area contributed by atoms with Crippen LogP contribution in [0.1, 0.15) is 310 Å². The second-order valence-corrected chi connectivity index (χ2v) is 20.7. The van der Waals surface area contributed by atoms with Crippen LogP contribution in [0.2, 0.25) is 0 Å². The molecule has 0 aliphatic heterocycles. The van der Waals surface area contributed by atoms with Crippen LogP contribution in [0.5, 0.6) is 0 Å². The van der Waals surface area contributed by atoms with Gasteiger partial charge < -0.3 is 8.97 Å². The maximum Gasteiger partial charge on any atom is 0.0784 e. The maximum absolute atomic E-state index is 2.65. The van der Waals surface area contributed by atoms with Crippen molar-refractivity contribution in [1.29, 1.82) is 0 Å². The van der Waals surface area contributed by atoms with E-state index >= 15 is 0 Å². The molecule has 350 valence electrons. The van der Waals surface area contributed by atoms with Crippen LogP contribution in [0.3, 0.4) is 0 Å². The fraction of sp³-hybridized carbons (Fsp3) is 1.00. The Kier molecular flexibility index (Phi) is 46.4. The van der Waals surface area contributed by atoms with E-state index in [4.69, 9.17) is 0 Å². The van der Waals surface area contributed by atoms with Crippen molar-refractivity contribution >= 4 is 0 Å². The van der Waals surface area contributed by atoms with Gasteiger partial charge in [-0.1, -0.05) is 233 Å². The monoisotopic (exact) mass is 819 g/mol. The lowest BCUT2D eigenvalue weighted by Gasteiger charge is -2.36. The first-order chi connectivity index (χ1) is 28.4. The summed E-state index contributed by atoms with van der Waals surface area (Å²) < 4.78 is 2.72. The van der Waals surface area contributed by atoms with Crippen molar-refractivity contribution in [2.75, 3.05) is 53.4 Å². The third-order valence-corrected chi connectivity index (χ3v) is 14.4. The summed E-state index contributed by atoms with van der Waals surface area (Å²) in [6.45, 7) is 17.9. The first-order valence-electron chi connectivity index (χ1n) is 28.1. The molecule has 0 aromatic heterocycles. The summed E-state index contributed by atoms with van der Waals surface area (Å²) in [6, 6.07) is 0. The predicted octanol–water partition coefficient (Wildman–Crippen LogP) is 19.1. The number of hydrogen-bond acceptors (Lipinski definition) is 0. The van der Waals surface area contributed by atoms with Crippen LogP contribution < -0.4 is 0 Å². The van der Waals surface area contributed by atoms with Gasteiger partial charge in [-0.15, -0.1) is 0 Å². The molecule has 58 heavy (non-hydrogen) atoms. The fourth-order valence-electron chi connectivity index (χ4n) is 9.94. The Bertz CT molecular complexity index is 637. The van der Waals surface area contributed by atoms with E-state index in [0.717, 1.165) is 0 Å². The number of unbranched alkanes of at least 4 members (excludes halogenated alkanes) is 39. The van der Waals surface area contributed by atoms with Crippen molar-refractivity contribution in [3.8, 4) is 0 Å². The fourth-order valence-corrected chi connectivity index (χ4v) is 9.94. The molecule has 0 heterocycles. The van der Waals surface area contributed by atoms with Gasteiger partial charge in [0.1, 0.15) is 0 Å². The van der Waals surface area contributed by atoms with Gasteiger partial charge >= 0.3 is 0 Å². The molecule has 0 amide bonds. The largest absolute Gasteiger partial charge is 0.326 e. The normalized spacial score (nSPS) is 12.3. The van der Waals surface area contributed by atoms with Crippen molar-refractivity contribution in [2.24, 2.45) is 0 Å². The quantitative estimate of drug-likeness (QED) is 0.0424. The number of quaternary nitrogens is 2. The van der Waals surface area contributed by atoms with Crippen LogP contribution in [0, 0.1) is 0 Å². The van der Waals surface area contributed by atoms with E-state index in [2.05, 4.69) is 41.8 Å². The maximum atomic E-state index is 2.65. The summed E-state index contributed by atoms with van der Waals surface area (Å²) in [6.07, 6.45) is 64.1. The van der Waals surface area contributed by atoms with E-state index in [9.17, 15) is 0 Å². The third kappa shape index (κ3) is 42.6. The van der Waals surface area contributed by atoms with Gasteiger partial charge in [-0.25, -0.2) is 0 Å². The molecule has 0 radical (unpaired) electrons. The minimum absolute atomic E-state index is 1.36. The molecule has 0 spiro atoms. The Morgan fingerprint density at radius 3 is 0.379 bits per heavy atom.